The van der Waals surface area contributed by atoms with Crippen LogP contribution in [0.15, 0.2) is 12.2 Å². The Kier molecular flexibility index (Phi) is 3.54. The second kappa shape index (κ2) is 5.20. The SMILES string of the molecule is C=C(CNC1CC1)CN1C(=O)NC2(CCCCC2)C1=O. The van der Waals surface area contributed by atoms with Crippen LogP contribution in [-0.2, 0) is 4.79 Å². The van der Waals surface area contributed by atoms with Gasteiger partial charge in [-0.15, -0.1) is 0 Å². The van der Waals surface area contributed by atoms with E-state index >= 15 is 0 Å². The Balaban J connectivity index is 1.59. The van der Waals surface area contributed by atoms with E-state index in [1.54, 1.807) is 0 Å². The number of nitrogens with one attached hydrogen (secondary N) is 2. The average molecular weight is 277 g/mol. The molecule has 20 heavy (non-hydrogen) atoms. The summed E-state index contributed by atoms with van der Waals surface area (Å²) < 4.78 is 0. The number of amides is 3. The summed E-state index contributed by atoms with van der Waals surface area (Å²) >= 11 is 0. The number of rotatable bonds is 5. The first-order chi connectivity index (χ1) is 9.61. The Hall–Kier alpha value is -1.36. The highest BCUT2D eigenvalue weighted by Crippen LogP contribution is 2.33. The molecule has 0 aromatic heterocycles. The Morgan fingerprint density at radius 2 is 2.00 bits per heavy atom. The lowest BCUT2D eigenvalue weighted by Gasteiger charge is -2.30. The van der Waals surface area contributed by atoms with Gasteiger partial charge in [-0.3, -0.25) is 9.69 Å². The van der Waals surface area contributed by atoms with Crippen LogP contribution in [-0.4, -0.2) is 41.5 Å². The third kappa shape index (κ3) is 2.59. The van der Waals surface area contributed by atoms with Crippen molar-refractivity contribution >= 4 is 11.9 Å². The zero-order chi connectivity index (χ0) is 14.2. The highest BCUT2D eigenvalue weighted by Gasteiger charge is 2.51. The molecule has 0 bridgehead atoms. The van der Waals surface area contributed by atoms with Crippen LogP contribution < -0.4 is 10.6 Å². The third-order valence-electron chi connectivity index (χ3n) is 4.55. The number of carbonyl (C=O) groups excluding carboxylic acids is 2. The van der Waals surface area contributed by atoms with Crippen LogP contribution in [0.1, 0.15) is 44.9 Å². The third-order valence-corrected chi connectivity index (χ3v) is 4.55. The number of hydrogen-bond acceptors (Lipinski definition) is 3. The predicted octanol–water partition coefficient (Wildman–Crippen LogP) is 1.55. The molecule has 0 radical (unpaired) electrons. The van der Waals surface area contributed by atoms with Crippen LogP contribution in [0.25, 0.3) is 0 Å². The lowest BCUT2D eigenvalue weighted by atomic mass is 9.82. The number of urea groups is 1. The summed E-state index contributed by atoms with van der Waals surface area (Å²) in [5.74, 6) is -0.0465. The second-order valence-electron chi connectivity index (χ2n) is 6.37. The maximum atomic E-state index is 12.6. The summed E-state index contributed by atoms with van der Waals surface area (Å²) in [7, 11) is 0. The number of hydrogen-bond donors (Lipinski definition) is 2. The quantitative estimate of drug-likeness (QED) is 0.592. The maximum Gasteiger partial charge on any atom is 0.325 e. The highest BCUT2D eigenvalue weighted by atomic mass is 16.2. The monoisotopic (exact) mass is 277 g/mol. The molecule has 0 unspecified atom stereocenters. The molecule has 0 aromatic carbocycles. The number of nitrogens with zero attached hydrogens (tertiary/aromatic N) is 1. The van der Waals surface area contributed by atoms with Crippen molar-refractivity contribution in [1.29, 1.82) is 0 Å². The van der Waals surface area contributed by atoms with Gasteiger partial charge in [0.25, 0.3) is 5.91 Å². The van der Waals surface area contributed by atoms with Crippen LogP contribution in [0.5, 0.6) is 0 Å². The van der Waals surface area contributed by atoms with Crippen LogP contribution in [0.4, 0.5) is 4.79 Å². The van der Waals surface area contributed by atoms with E-state index in [0.29, 0.717) is 19.1 Å². The first-order valence-corrected chi connectivity index (χ1v) is 7.65. The zero-order valence-electron chi connectivity index (χ0n) is 11.9. The summed E-state index contributed by atoms with van der Waals surface area (Å²) in [4.78, 5) is 26.0. The molecule has 2 aliphatic carbocycles. The van der Waals surface area contributed by atoms with Gasteiger partial charge in [0, 0.05) is 12.6 Å². The van der Waals surface area contributed by atoms with Gasteiger partial charge >= 0.3 is 6.03 Å². The van der Waals surface area contributed by atoms with Crippen LogP contribution >= 0.6 is 0 Å². The number of carbonyl (C=O) groups is 2. The summed E-state index contributed by atoms with van der Waals surface area (Å²) in [5, 5.41) is 6.29. The largest absolute Gasteiger partial charge is 0.325 e. The molecule has 3 rings (SSSR count). The van der Waals surface area contributed by atoms with Gasteiger partial charge in [-0.05, 0) is 31.3 Å². The first-order valence-electron chi connectivity index (χ1n) is 7.65. The Bertz CT molecular complexity index is 436. The van der Waals surface area contributed by atoms with Gasteiger partial charge in [0.2, 0.25) is 0 Å². The molecule has 3 aliphatic rings. The highest BCUT2D eigenvalue weighted by molar-refractivity contribution is 6.07. The molecule has 3 amide bonds. The number of imide groups is 1. The molecule has 2 N–H and O–H groups in total. The normalized spacial score (nSPS) is 25.1. The molecular weight excluding hydrogens is 254 g/mol. The minimum absolute atomic E-state index is 0.0465. The van der Waals surface area contributed by atoms with Crippen molar-refractivity contribution in [2.45, 2.75) is 56.5 Å². The molecule has 3 fully saturated rings. The average Bonchev–Trinajstić information content (AvgIpc) is 3.23. The standard InChI is InChI=1S/C15H23N3O2/c1-11(9-16-12-5-6-12)10-18-13(19)15(17-14(18)20)7-3-2-4-8-15/h12,16H,1-10H2,(H,17,20). The minimum Gasteiger partial charge on any atom is -0.323 e. The Morgan fingerprint density at radius 3 is 2.65 bits per heavy atom. The van der Waals surface area contributed by atoms with E-state index < -0.39 is 5.54 Å². The van der Waals surface area contributed by atoms with Crippen molar-refractivity contribution < 1.29 is 9.59 Å². The van der Waals surface area contributed by atoms with Crippen molar-refractivity contribution in [2.24, 2.45) is 0 Å². The van der Waals surface area contributed by atoms with E-state index in [1.807, 2.05) is 0 Å². The van der Waals surface area contributed by atoms with Gasteiger partial charge in [0.15, 0.2) is 0 Å². The van der Waals surface area contributed by atoms with Crippen molar-refractivity contribution in [1.82, 2.24) is 15.5 Å². The van der Waals surface area contributed by atoms with Gasteiger partial charge in [0.05, 0.1) is 6.54 Å². The first kappa shape index (κ1) is 13.6. The van der Waals surface area contributed by atoms with E-state index in [-0.39, 0.29) is 11.9 Å². The van der Waals surface area contributed by atoms with E-state index in [4.69, 9.17) is 0 Å². The molecule has 1 spiro atoms. The molecule has 5 heteroatoms. The van der Waals surface area contributed by atoms with E-state index in [0.717, 1.165) is 37.7 Å². The maximum absolute atomic E-state index is 12.6. The Morgan fingerprint density at radius 1 is 1.30 bits per heavy atom. The van der Waals surface area contributed by atoms with Gasteiger partial charge in [-0.2, -0.15) is 0 Å². The molecule has 110 valence electrons. The summed E-state index contributed by atoms with van der Waals surface area (Å²) in [6.45, 7) is 5.01. The molecule has 1 heterocycles. The van der Waals surface area contributed by atoms with E-state index in [2.05, 4.69) is 17.2 Å². The fourth-order valence-electron chi connectivity index (χ4n) is 3.17. The van der Waals surface area contributed by atoms with Crippen molar-refractivity contribution in [3.8, 4) is 0 Å². The lowest BCUT2D eigenvalue weighted by Crippen LogP contribution is -2.48. The summed E-state index contributed by atoms with van der Waals surface area (Å²) in [6, 6.07) is 0.365. The van der Waals surface area contributed by atoms with Crippen LogP contribution in [0, 0.1) is 0 Å². The predicted molar refractivity (Wildman–Crippen MR) is 76.2 cm³/mol. The molecular formula is C15H23N3O2. The summed E-state index contributed by atoms with van der Waals surface area (Å²) in [5.41, 5.74) is 0.285. The van der Waals surface area contributed by atoms with Crippen LogP contribution in [0.3, 0.4) is 0 Å². The van der Waals surface area contributed by atoms with E-state index in [1.165, 1.54) is 17.7 Å². The van der Waals surface area contributed by atoms with Crippen molar-refractivity contribution in [3.63, 3.8) is 0 Å². The van der Waals surface area contributed by atoms with Crippen LogP contribution in [0.2, 0.25) is 0 Å². The molecule has 1 aliphatic heterocycles. The Labute approximate surface area is 119 Å². The fraction of sp³-hybridized carbons (Fsp3) is 0.733. The van der Waals surface area contributed by atoms with Crippen molar-refractivity contribution in [2.75, 3.05) is 13.1 Å². The fourth-order valence-corrected chi connectivity index (χ4v) is 3.17. The van der Waals surface area contributed by atoms with Gasteiger partial charge < -0.3 is 10.6 Å². The minimum atomic E-state index is -0.612. The molecule has 0 aromatic rings. The zero-order valence-corrected chi connectivity index (χ0v) is 11.9. The second-order valence-corrected chi connectivity index (χ2v) is 6.37. The summed E-state index contributed by atoms with van der Waals surface area (Å²) in [6.07, 6.45) is 7.19. The van der Waals surface area contributed by atoms with Gasteiger partial charge in [-0.25, -0.2) is 4.79 Å². The molecule has 1 saturated heterocycles. The van der Waals surface area contributed by atoms with Crippen molar-refractivity contribution in [3.05, 3.63) is 12.2 Å². The van der Waals surface area contributed by atoms with E-state index in [9.17, 15) is 9.59 Å². The molecule has 0 atom stereocenters. The molecule has 5 nitrogen and oxygen atoms in total. The van der Waals surface area contributed by atoms with Gasteiger partial charge in [0.1, 0.15) is 5.54 Å². The lowest BCUT2D eigenvalue weighted by molar-refractivity contribution is -0.132. The van der Waals surface area contributed by atoms with Gasteiger partial charge in [-0.1, -0.05) is 25.8 Å². The smallest absolute Gasteiger partial charge is 0.323 e. The molecule has 2 saturated carbocycles. The topological polar surface area (TPSA) is 61.4 Å².